The predicted molar refractivity (Wildman–Crippen MR) is 169 cm³/mol. The molecule has 15 heteroatoms. The maximum atomic E-state index is 13.5. The number of nitrogens with one attached hydrogen (secondary N) is 1. The van der Waals surface area contributed by atoms with Crippen molar-refractivity contribution in [2.24, 2.45) is 17.9 Å². The standard InChI is InChI=1S/C27H29N7O4.C4H4O4/c1-3-38-25(35)13-15-34(23-6-4-5-14-29-23)27(36)19-9-12-22-21(16-19)31-24(33(22)2)17-30-20-10-7-18(8-11-20)26(28)32-37;5-3(6)1-2-4(7)8/h4-12,14,16,30,37H,3,13,15,17H2,1-2H3,(H2,28,32);1-2H,(H,5,6)(H,7,8)/b;2-1-. The average Bonchev–Trinajstić information content (AvgIpc) is 3.37. The number of aromatic nitrogens is 3. The van der Waals surface area contributed by atoms with Crippen LogP contribution in [0.2, 0.25) is 0 Å². The molecule has 0 saturated carbocycles. The van der Waals surface area contributed by atoms with Crippen molar-refractivity contribution in [3.8, 4) is 0 Å². The molecule has 0 saturated heterocycles. The van der Waals surface area contributed by atoms with E-state index in [1.54, 1.807) is 55.6 Å². The fourth-order valence-corrected chi connectivity index (χ4v) is 4.11. The number of hydrogen-bond acceptors (Lipinski definition) is 10. The topological polar surface area (TPSA) is 223 Å². The van der Waals surface area contributed by atoms with Gasteiger partial charge in [-0.1, -0.05) is 11.2 Å². The van der Waals surface area contributed by atoms with Crippen LogP contribution in [0.1, 0.15) is 35.1 Å². The molecule has 240 valence electrons. The third-order valence-electron chi connectivity index (χ3n) is 6.34. The minimum absolute atomic E-state index is 0.0414. The number of fused-ring (bicyclic) bond motifs is 1. The van der Waals surface area contributed by atoms with E-state index in [1.165, 1.54) is 4.90 Å². The van der Waals surface area contributed by atoms with E-state index < -0.39 is 11.9 Å². The number of rotatable bonds is 12. The summed E-state index contributed by atoms with van der Waals surface area (Å²) >= 11 is 0. The number of aliphatic carboxylic acids is 2. The molecule has 0 aliphatic carbocycles. The van der Waals surface area contributed by atoms with Gasteiger partial charge in [-0.2, -0.15) is 0 Å². The van der Waals surface area contributed by atoms with Gasteiger partial charge in [-0.05, 0) is 61.5 Å². The first-order valence-electron chi connectivity index (χ1n) is 13.8. The van der Waals surface area contributed by atoms with Crippen LogP contribution >= 0.6 is 0 Å². The molecule has 2 aromatic heterocycles. The van der Waals surface area contributed by atoms with Crippen LogP contribution in [0.4, 0.5) is 11.5 Å². The summed E-state index contributed by atoms with van der Waals surface area (Å²) in [5.41, 5.74) is 9.04. The Kier molecular flexibility index (Phi) is 12.3. The summed E-state index contributed by atoms with van der Waals surface area (Å²) in [7, 11) is 1.91. The van der Waals surface area contributed by atoms with E-state index in [9.17, 15) is 19.2 Å². The first kappa shape index (κ1) is 34.2. The Hall–Kier alpha value is -6.25. The molecule has 0 aliphatic rings. The highest BCUT2D eigenvalue weighted by Gasteiger charge is 2.21. The molecular formula is C31H33N7O8. The number of aryl methyl sites for hydroxylation is 1. The first-order valence-corrected chi connectivity index (χ1v) is 13.8. The van der Waals surface area contributed by atoms with E-state index in [2.05, 4.69) is 15.5 Å². The van der Waals surface area contributed by atoms with Gasteiger partial charge in [0, 0.05) is 48.8 Å². The minimum atomic E-state index is -1.26. The van der Waals surface area contributed by atoms with E-state index in [-0.39, 0.29) is 37.3 Å². The number of benzene rings is 2. The highest BCUT2D eigenvalue weighted by Crippen LogP contribution is 2.21. The second-order valence-electron chi connectivity index (χ2n) is 9.42. The summed E-state index contributed by atoms with van der Waals surface area (Å²) < 4.78 is 6.98. The second-order valence-corrected chi connectivity index (χ2v) is 9.42. The van der Waals surface area contributed by atoms with Crippen LogP contribution in [0.15, 0.2) is 84.2 Å². The Balaban J connectivity index is 0.000000637. The van der Waals surface area contributed by atoms with Gasteiger partial charge in [0.2, 0.25) is 0 Å². The number of ether oxygens (including phenoxy) is 1. The number of carbonyl (C=O) groups excluding carboxylic acids is 2. The van der Waals surface area contributed by atoms with Gasteiger partial charge in [-0.3, -0.25) is 14.5 Å². The van der Waals surface area contributed by atoms with E-state index >= 15 is 0 Å². The molecular weight excluding hydrogens is 598 g/mol. The monoisotopic (exact) mass is 631 g/mol. The number of imidazole rings is 1. The second kappa shape index (κ2) is 16.6. The number of oxime groups is 1. The normalized spacial score (nSPS) is 11.0. The molecule has 6 N–H and O–H groups in total. The van der Waals surface area contributed by atoms with Crippen LogP contribution < -0.4 is 16.0 Å². The van der Waals surface area contributed by atoms with Gasteiger partial charge >= 0.3 is 17.9 Å². The summed E-state index contributed by atoms with van der Waals surface area (Å²) in [5.74, 6) is -1.91. The number of esters is 1. The fraction of sp³-hybridized carbons (Fsp3) is 0.194. The van der Waals surface area contributed by atoms with Gasteiger partial charge in [-0.25, -0.2) is 19.6 Å². The van der Waals surface area contributed by atoms with Gasteiger partial charge in [0.25, 0.3) is 5.91 Å². The van der Waals surface area contributed by atoms with Crippen molar-refractivity contribution in [2.75, 3.05) is 23.4 Å². The quantitative estimate of drug-likeness (QED) is 0.0380. The maximum Gasteiger partial charge on any atom is 0.328 e. The van der Waals surface area contributed by atoms with Crippen LogP contribution in [-0.2, 0) is 32.7 Å². The van der Waals surface area contributed by atoms with Crippen LogP contribution in [-0.4, -0.2) is 72.8 Å². The number of amidine groups is 1. The highest BCUT2D eigenvalue weighted by molar-refractivity contribution is 6.07. The summed E-state index contributed by atoms with van der Waals surface area (Å²) in [6.07, 6.45) is 2.77. The lowest BCUT2D eigenvalue weighted by Gasteiger charge is -2.21. The van der Waals surface area contributed by atoms with Crippen molar-refractivity contribution < 1.29 is 39.3 Å². The third-order valence-corrected chi connectivity index (χ3v) is 6.34. The highest BCUT2D eigenvalue weighted by atomic mass is 16.5. The molecule has 0 spiro atoms. The average molecular weight is 632 g/mol. The fourth-order valence-electron chi connectivity index (χ4n) is 4.11. The Morgan fingerprint density at radius 2 is 1.70 bits per heavy atom. The number of pyridine rings is 1. The number of carbonyl (C=O) groups is 4. The number of nitrogens with two attached hydrogens (primary N) is 1. The van der Waals surface area contributed by atoms with E-state index in [0.717, 1.165) is 17.0 Å². The smallest absolute Gasteiger partial charge is 0.328 e. The minimum Gasteiger partial charge on any atom is -0.478 e. The van der Waals surface area contributed by atoms with Gasteiger partial charge in [0.1, 0.15) is 11.6 Å². The largest absolute Gasteiger partial charge is 0.478 e. The van der Waals surface area contributed by atoms with Gasteiger partial charge < -0.3 is 35.8 Å². The molecule has 0 atom stereocenters. The molecule has 0 radical (unpaired) electrons. The Bertz CT molecular complexity index is 1720. The predicted octanol–water partition coefficient (Wildman–Crippen LogP) is 2.99. The van der Waals surface area contributed by atoms with Gasteiger partial charge in [0.15, 0.2) is 5.84 Å². The lowest BCUT2D eigenvalue weighted by Crippen LogP contribution is -2.34. The zero-order valence-electron chi connectivity index (χ0n) is 25.0. The molecule has 0 unspecified atom stereocenters. The molecule has 46 heavy (non-hydrogen) atoms. The van der Waals surface area contributed by atoms with E-state index in [1.807, 2.05) is 29.8 Å². The molecule has 0 bridgehead atoms. The number of anilines is 2. The van der Waals surface area contributed by atoms with Crippen molar-refractivity contribution >= 4 is 52.2 Å². The van der Waals surface area contributed by atoms with Crippen LogP contribution in [0.5, 0.6) is 0 Å². The van der Waals surface area contributed by atoms with Crippen molar-refractivity contribution in [2.45, 2.75) is 19.9 Å². The van der Waals surface area contributed by atoms with Crippen molar-refractivity contribution in [3.05, 3.63) is 96.0 Å². The molecule has 0 fully saturated rings. The Labute approximate surface area is 263 Å². The summed E-state index contributed by atoms with van der Waals surface area (Å²) in [6, 6.07) is 17.8. The van der Waals surface area contributed by atoms with E-state index in [4.69, 9.17) is 30.9 Å². The molecule has 1 amide bonds. The molecule has 15 nitrogen and oxygen atoms in total. The number of amides is 1. The zero-order chi connectivity index (χ0) is 33.6. The summed E-state index contributed by atoms with van der Waals surface area (Å²) in [6.45, 7) is 2.60. The van der Waals surface area contributed by atoms with Crippen molar-refractivity contribution in [1.29, 1.82) is 0 Å². The van der Waals surface area contributed by atoms with Crippen LogP contribution in [0, 0.1) is 0 Å². The van der Waals surface area contributed by atoms with Crippen molar-refractivity contribution in [1.82, 2.24) is 14.5 Å². The lowest BCUT2D eigenvalue weighted by molar-refractivity contribution is -0.142. The Morgan fingerprint density at radius 1 is 1.02 bits per heavy atom. The van der Waals surface area contributed by atoms with Gasteiger partial charge in [0.05, 0.1) is 30.6 Å². The molecule has 4 rings (SSSR count). The van der Waals surface area contributed by atoms with Gasteiger partial charge in [-0.15, -0.1) is 0 Å². The third kappa shape index (κ3) is 9.63. The lowest BCUT2D eigenvalue weighted by atomic mass is 10.1. The molecule has 2 aromatic carbocycles. The number of nitrogens with zero attached hydrogens (tertiary/aromatic N) is 5. The SMILES string of the molecule is CCOC(=O)CCN(C(=O)c1ccc2c(c1)nc(CNc1ccc(/C(N)=N\O)cc1)n2C)c1ccccn1.O=C(O)/C=C\C(=O)O. The van der Waals surface area contributed by atoms with E-state index in [0.29, 0.717) is 41.2 Å². The molecule has 4 aromatic rings. The van der Waals surface area contributed by atoms with Crippen LogP contribution in [0.3, 0.4) is 0 Å². The number of carboxylic acids is 2. The molecule has 2 heterocycles. The summed E-state index contributed by atoms with van der Waals surface area (Å²) in [4.78, 5) is 55.1. The first-order chi connectivity index (χ1) is 22.0. The summed E-state index contributed by atoms with van der Waals surface area (Å²) in [5, 5.41) is 30.7. The number of carboxylic acid groups (broad SMARTS) is 2. The van der Waals surface area contributed by atoms with Crippen molar-refractivity contribution in [3.63, 3.8) is 0 Å². The van der Waals surface area contributed by atoms with Crippen LogP contribution in [0.25, 0.3) is 11.0 Å². The maximum absolute atomic E-state index is 13.5. The number of hydrogen-bond donors (Lipinski definition) is 5. The Morgan fingerprint density at radius 3 is 2.28 bits per heavy atom. The zero-order valence-corrected chi connectivity index (χ0v) is 25.0. The molecule has 0 aliphatic heterocycles.